The Hall–Kier alpha value is -2.37. The summed E-state index contributed by atoms with van der Waals surface area (Å²) in [5.41, 5.74) is 2.63. The molecule has 2 N–H and O–H groups in total. The van der Waals surface area contributed by atoms with Gasteiger partial charge in [0.25, 0.3) is 0 Å². The molecule has 5 nitrogen and oxygen atoms in total. The number of hydrogen-bond donors (Lipinski definition) is 2. The summed E-state index contributed by atoms with van der Waals surface area (Å²) in [4.78, 5) is 9.45. The molecule has 0 bridgehead atoms. The average Bonchev–Trinajstić information content (AvgIpc) is 3.01. The van der Waals surface area contributed by atoms with Crippen LogP contribution in [0.25, 0.3) is 0 Å². The third kappa shape index (κ3) is 7.15. The Bertz CT molecular complexity index is 707. The summed E-state index contributed by atoms with van der Waals surface area (Å²) in [6.45, 7) is 7.69. The highest BCUT2D eigenvalue weighted by Crippen LogP contribution is 2.23. The van der Waals surface area contributed by atoms with E-state index in [-0.39, 0.29) is 0 Å². The summed E-state index contributed by atoms with van der Waals surface area (Å²) >= 11 is 0. The number of benzene rings is 2. The van der Waals surface area contributed by atoms with Crippen LogP contribution < -0.4 is 10.6 Å². The molecule has 2 aromatic rings. The van der Waals surface area contributed by atoms with Crippen LogP contribution >= 0.6 is 0 Å². The van der Waals surface area contributed by atoms with Gasteiger partial charge in [0.15, 0.2) is 5.96 Å². The van der Waals surface area contributed by atoms with Gasteiger partial charge in [-0.1, -0.05) is 60.7 Å². The topological polar surface area (TPSA) is 42.9 Å². The molecular weight excluding hydrogens is 370 g/mol. The van der Waals surface area contributed by atoms with Gasteiger partial charge in [-0.25, -0.2) is 0 Å². The van der Waals surface area contributed by atoms with Crippen molar-refractivity contribution in [3.8, 4) is 0 Å². The summed E-state index contributed by atoms with van der Waals surface area (Å²) in [5.74, 6) is 1.17. The lowest BCUT2D eigenvalue weighted by atomic mass is 9.91. The number of likely N-dealkylation sites (N-methyl/N-ethyl adjacent to an activating group) is 1. The van der Waals surface area contributed by atoms with Gasteiger partial charge in [0.05, 0.1) is 0 Å². The maximum Gasteiger partial charge on any atom is 0.191 e. The van der Waals surface area contributed by atoms with Crippen molar-refractivity contribution in [1.82, 2.24) is 20.4 Å². The second-order valence-corrected chi connectivity index (χ2v) is 8.11. The second-order valence-electron chi connectivity index (χ2n) is 8.11. The molecule has 1 fully saturated rings. The molecule has 0 atom stereocenters. The van der Waals surface area contributed by atoms with E-state index in [1.165, 1.54) is 43.7 Å². The zero-order chi connectivity index (χ0) is 21.0. The van der Waals surface area contributed by atoms with Crippen LogP contribution in [0.1, 0.15) is 29.9 Å². The third-order valence-corrected chi connectivity index (χ3v) is 5.86. The van der Waals surface area contributed by atoms with E-state index in [1.807, 2.05) is 7.05 Å². The SMILES string of the molecule is CN=C(NCCCN1CCCN(C)CC1)NCC(c1ccccc1)c1ccccc1. The molecule has 0 amide bonds. The molecule has 0 aromatic heterocycles. The van der Waals surface area contributed by atoms with Gasteiger partial charge in [-0.2, -0.15) is 0 Å². The Morgan fingerprint density at radius 2 is 1.57 bits per heavy atom. The lowest BCUT2D eigenvalue weighted by Gasteiger charge is -2.22. The Kier molecular flexibility index (Phi) is 9.19. The number of rotatable bonds is 8. The fraction of sp³-hybridized carbons (Fsp3) is 0.480. The predicted octanol–water partition coefficient (Wildman–Crippen LogP) is 3.01. The van der Waals surface area contributed by atoms with E-state index in [0.717, 1.165) is 32.0 Å². The van der Waals surface area contributed by atoms with Crippen molar-refractivity contribution in [2.75, 3.05) is 59.9 Å². The number of hydrogen-bond acceptors (Lipinski definition) is 3. The number of guanidine groups is 1. The molecule has 0 saturated carbocycles. The summed E-state index contributed by atoms with van der Waals surface area (Å²) in [6, 6.07) is 21.4. The molecule has 30 heavy (non-hydrogen) atoms. The van der Waals surface area contributed by atoms with Crippen molar-refractivity contribution in [2.45, 2.75) is 18.8 Å². The van der Waals surface area contributed by atoms with Crippen LogP contribution in [0.4, 0.5) is 0 Å². The van der Waals surface area contributed by atoms with Crippen LogP contribution in [0.5, 0.6) is 0 Å². The highest BCUT2D eigenvalue weighted by molar-refractivity contribution is 5.79. The van der Waals surface area contributed by atoms with Crippen molar-refractivity contribution in [3.05, 3.63) is 71.8 Å². The first-order chi connectivity index (χ1) is 14.8. The van der Waals surface area contributed by atoms with Crippen LogP contribution in [0.3, 0.4) is 0 Å². The molecule has 3 rings (SSSR count). The molecule has 0 spiro atoms. The molecule has 1 aliphatic heterocycles. The molecule has 1 heterocycles. The van der Waals surface area contributed by atoms with E-state index in [2.05, 4.69) is 93.1 Å². The molecule has 162 valence electrons. The monoisotopic (exact) mass is 407 g/mol. The highest BCUT2D eigenvalue weighted by Gasteiger charge is 2.15. The van der Waals surface area contributed by atoms with Gasteiger partial charge in [0.2, 0.25) is 0 Å². The minimum absolute atomic E-state index is 0.292. The van der Waals surface area contributed by atoms with Gasteiger partial charge in [-0.05, 0) is 50.7 Å². The van der Waals surface area contributed by atoms with E-state index in [0.29, 0.717) is 5.92 Å². The lowest BCUT2D eigenvalue weighted by molar-refractivity contribution is 0.274. The molecule has 1 saturated heterocycles. The Morgan fingerprint density at radius 1 is 0.900 bits per heavy atom. The normalized spacial score (nSPS) is 16.4. The maximum atomic E-state index is 4.43. The van der Waals surface area contributed by atoms with Crippen molar-refractivity contribution in [2.24, 2.45) is 4.99 Å². The molecule has 1 aliphatic rings. The predicted molar refractivity (Wildman–Crippen MR) is 127 cm³/mol. The standard InChI is InChI=1S/C25H37N5/c1-26-25(27-15-9-17-30-18-10-16-29(2)19-20-30)28-21-24(22-11-5-3-6-12-22)23-13-7-4-8-14-23/h3-8,11-14,24H,9-10,15-21H2,1-2H3,(H2,26,27,28). The van der Waals surface area contributed by atoms with Crippen LogP contribution in [-0.4, -0.2) is 75.7 Å². The van der Waals surface area contributed by atoms with Gasteiger partial charge < -0.3 is 20.4 Å². The Morgan fingerprint density at radius 3 is 2.20 bits per heavy atom. The Balaban J connectivity index is 1.47. The first-order valence-electron chi connectivity index (χ1n) is 11.2. The quantitative estimate of drug-likeness (QED) is 0.401. The molecule has 2 aromatic carbocycles. The van der Waals surface area contributed by atoms with E-state index in [4.69, 9.17) is 0 Å². The van der Waals surface area contributed by atoms with E-state index in [1.54, 1.807) is 0 Å². The zero-order valence-corrected chi connectivity index (χ0v) is 18.6. The van der Waals surface area contributed by atoms with E-state index in [9.17, 15) is 0 Å². The summed E-state index contributed by atoms with van der Waals surface area (Å²) in [6.07, 6.45) is 2.40. The smallest absolute Gasteiger partial charge is 0.191 e. The van der Waals surface area contributed by atoms with Crippen molar-refractivity contribution >= 4 is 5.96 Å². The van der Waals surface area contributed by atoms with Crippen LogP contribution in [0.2, 0.25) is 0 Å². The van der Waals surface area contributed by atoms with E-state index < -0.39 is 0 Å². The minimum atomic E-state index is 0.292. The maximum absolute atomic E-state index is 4.43. The average molecular weight is 408 g/mol. The lowest BCUT2D eigenvalue weighted by Crippen LogP contribution is -2.40. The van der Waals surface area contributed by atoms with Gasteiger partial charge >= 0.3 is 0 Å². The van der Waals surface area contributed by atoms with Gasteiger partial charge in [0, 0.05) is 39.1 Å². The zero-order valence-electron chi connectivity index (χ0n) is 18.6. The van der Waals surface area contributed by atoms with Crippen LogP contribution in [-0.2, 0) is 0 Å². The minimum Gasteiger partial charge on any atom is -0.356 e. The molecular formula is C25H37N5. The van der Waals surface area contributed by atoms with E-state index >= 15 is 0 Å². The van der Waals surface area contributed by atoms with Crippen molar-refractivity contribution in [3.63, 3.8) is 0 Å². The molecule has 5 heteroatoms. The fourth-order valence-electron chi connectivity index (χ4n) is 4.05. The Labute approximate surface area is 182 Å². The highest BCUT2D eigenvalue weighted by atomic mass is 15.2. The van der Waals surface area contributed by atoms with Crippen molar-refractivity contribution < 1.29 is 0 Å². The fourth-order valence-corrected chi connectivity index (χ4v) is 4.05. The van der Waals surface area contributed by atoms with Crippen LogP contribution in [0.15, 0.2) is 65.7 Å². The summed E-state index contributed by atoms with van der Waals surface area (Å²) < 4.78 is 0. The number of aliphatic imine (C=N–C) groups is 1. The van der Waals surface area contributed by atoms with Gasteiger partial charge in [-0.15, -0.1) is 0 Å². The number of nitrogens with one attached hydrogen (secondary N) is 2. The summed E-state index contributed by atoms with van der Waals surface area (Å²) in [5, 5.41) is 7.03. The summed E-state index contributed by atoms with van der Waals surface area (Å²) in [7, 11) is 4.07. The number of nitrogens with zero attached hydrogens (tertiary/aromatic N) is 3. The molecule has 0 radical (unpaired) electrons. The van der Waals surface area contributed by atoms with Gasteiger partial charge in [-0.3, -0.25) is 4.99 Å². The molecule has 0 unspecified atom stereocenters. The first-order valence-corrected chi connectivity index (χ1v) is 11.2. The second kappa shape index (κ2) is 12.4. The largest absolute Gasteiger partial charge is 0.356 e. The van der Waals surface area contributed by atoms with Crippen molar-refractivity contribution in [1.29, 1.82) is 0 Å². The van der Waals surface area contributed by atoms with Gasteiger partial charge in [0.1, 0.15) is 0 Å². The first kappa shape index (κ1) is 22.3. The third-order valence-electron chi connectivity index (χ3n) is 5.86. The molecule has 0 aliphatic carbocycles. The van der Waals surface area contributed by atoms with Crippen LogP contribution in [0, 0.1) is 0 Å².